The zero-order valence-corrected chi connectivity index (χ0v) is 11.5. The van der Waals surface area contributed by atoms with E-state index >= 15 is 0 Å². The van der Waals surface area contributed by atoms with E-state index in [-0.39, 0.29) is 5.91 Å². The highest BCUT2D eigenvalue weighted by atomic mass is 16.5. The third-order valence-corrected chi connectivity index (χ3v) is 3.63. The van der Waals surface area contributed by atoms with Crippen LogP contribution in [0.2, 0.25) is 0 Å². The van der Waals surface area contributed by atoms with E-state index in [1.165, 1.54) is 0 Å². The summed E-state index contributed by atoms with van der Waals surface area (Å²) in [6.45, 7) is 1.83. The number of methoxy groups -OCH3 is 1. The molecule has 0 saturated heterocycles. The second-order valence-corrected chi connectivity index (χ2v) is 5.09. The third kappa shape index (κ3) is 2.15. The minimum absolute atomic E-state index is 0.0425. The minimum Gasteiger partial charge on any atom is -0.497 e. The summed E-state index contributed by atoms with van der Waals surface area (Å²) in [7, 11) is 1.60. The predicted molar refractivity (Wildman–Crippen MR) is 73.8 cm³/mol. The highest BCUT2D eigenvalue weighted by molar-refractivity contribution is 6.01. The number of anilines is 1. The van der Waals surface area contributed by atoms with Crippen LogP contribution < -0.4 is 10.1 Å². The number of nitrogens with zero attached hydrogens (tertiary/aromatic N) is 1. The number of carbonyl (C=O) groups is 1. The van der Waals surface area contributed by atoms with Crippen molar-refractivity contribution in [3.05, 3.63) is 41.8 Å². The van der Waals surface area contributed by atoms with E-state index in [0.29, 0.717) is 5.75 Å². The van der Waals surface area contributed by atoms with Gasteiger partial charge in [-0.25, -0.2) is 0 Å². The van der Waals surface area contributed by atoms with Gasteiger partial charge in [0, 0.05) is 17.8 Å². The van der Waals surface area contributed by atoms with Crippen molar-refractivity contribution in [1.29, 1.82) is 0 Å². The molecule has 0 spiro atoms. The topological polar surface area (TPSA) is 64.4 Å². The Kier molecular flexibility index (Phi) is 2.97. The van der Waals surface area contributed by atoms with Gasteiger partial charge in [0.05, 0.1) is 18.2 Å². The van der Waals surface area contributed by atoms with Crippen molar-refractivity contribution in [1.82, 2.24) is 5.16 Å². The first-order valence-corrected chi connectivity index (χ1v) is 6.53. The molecule has 1 fully saturated rings. The van der Waals surface area contributed by atoms with Crippen LogP contribution in [0.1, 0.15) is 24.3 Å². The molecule has 104 valence electrons. The number of carbonyl (C=O) groups excluding carboxylic acids is 1. The van der Waals surface area contributed by atoms with Crippen LogP contribution in [0.15, 0.2) is 34.9 Å². The summed E-state index contributed by atoms with van der Waals surface area (Å²) in [4.78, 5) is 12.5. The van der Waals surface area contributed by atoms with Gasteiger partial charge in [0.1, 0.15) is 11.5 Å². The molecule has 1 amide bonds. The number of amides is 1. The van der Waals surface area contributed by atoms with E-state index in [0.717, 1.165) is 30.0 Å². The van der Waals surface area contributed by atoms with E-state index in [1.807, 2.05) is 31.2 Å². The molecule has 1 heterocycles. The molecule has 0 radical (unpaired) electrons. The third-order valence-electron chi connectivity index (χ3n) is 3.63. The van der Waals surface area contributed by atoms with E-state index in [1.54, 1.807) is 13.2 Å². The SMILES string of the molecule is COc1cccc(NC(=O)C2(c3cc(C)on3)CC2)c1. The van der Waals surface area contributed by atoms with E-state index in [9.17, 15) is 4.79 Å². The van der Waals surface area contributed by atoms with Gasteiger partial charge in [-0.15, -0.1) is 0 Å². The number of hydrogen-bond donors (Lipinski definition) is 1. The van der Waals surface area contributed by atoms with E-state index in [4.69, 9.17) is 9.26 Å². The average molecular weight is 272 g/mol. The van der Waals surface area contributed by atoms with Gasteiger partial charge in [-0.05, 0) is 31.9 Å². The van der Waals surface area contributed by atoms with Crippen molar-refractivity contribution in [3.8, 4) is 5.75 Å². The molecule has 0 aliphatic heterocycles. The van der Waals surface area contributed by atoms with Crippen LogP contribution in [-0.4, -0.2) is 18.2 Å². The summed E-state index contributed by atoms with van der Waals surface area (Å²) in [5.41, 5.74) is 0.914. The molecule has 5 heteroatoms. The number of nitrogens with one attached hydrogen (secondary N) is 1. The molecule has 0 bridgehead atoms. The molecule has 1 saturated carbocycles. The molecule has 2 aromatic rings. The summed E-state index contributed by atoms with van der Waals surface area (Å²) >= 11 is 0. The lowest BCUT2D eigenvalue weighted by molar-refractivity contribution is -0.118. The van der Waals surface area contributed by atoms with Gasteiger partial charge in [0.25, 0.3) is 0 Å². The fourth-order valence-electron chi connectivity index (χ4n) is 2.27. The van der Waals surface area contributed by atoms with Gasteiger partial charge in [0.2, 0.25) is 5.91 Å². The lowest BCUT2D eigenvalue weighted by atomic mass is 10.0. The highest BCUT2D eigenvalue weighted by Gasteiger charge is 2.53. The zero-order valence-electron chi connectivity index (χ0n) is 11.5. The summed E-state index contributed by atoms with van der Waals surface area (Å²) in [6.07, 6.45) is 1.60. The van der Waals surface area contributed by atoms with Gasteiger partial charge in [-0.1, -0.05) is 11.2 Å². The normalized spacial score (nSPS) is 15.7. The lowest BCUT2D eigenvalue weighted by Gasteiger charge is -2.13. The zero-order chi connectivity index (χ0) is 14.2. The van der Waals surface area contributed by atoms with Crippen LogP contribution >= 0.6 is 0 Å². The minimum atomic E-state index is -0.527. The Morgan fingerprint density at radius 2 is 2.20 bits per heavy atom. The molecular weight excluding hydrogens is 256 g/mol. The van der Waals surface area contributed by atoms with Crippen LogP contribution in [0.5, 0.6) is 5.75 Å². The number of aromatic nitrogens is 1. The largest absolute Gasteiger partial charge is 0.497 e. The molecule has 0 atom stereocenters. The highest BCUT2D eigenvalue weighted by Crippen LogP contribution is 2.48. The van der Waals surface area contributed by atoms with Crippen molar-refractivity contribution in [2.75, 3.05) is 12.4 Å². The number of benzene rings is 1. The van der Waals surface area contributed by atoms with Crippen LogP contribution in [0.25, 0.3) is 0 Å². The first-order chi connectivity index (χ1) is 9.64. The van der Waals surface area contributed by atoms with Crippen molar-refractivity contribution in [3.63, 3.8) is 0 Å². The maximum absolute atomic E-state index is 12.5. The Morgan fingerprint density at radius 3 is 2.80 bits per heavy atom. The first-order valence-electron chi connectivity index (χ1n) is 6.53. The predicted octanol–water partition coefficient (Wildman–Crippen LogP) is 2.66. The molecular formula is C15H16N2O3. The van der Waals surface area contributed by atoms with Crippen LogP contribution in [0.3, 0.4) is 0 Å². The Hall–Kier alpha value is -2.30. The van der Waals surface area contributed by atoms with E-state index < -0.39 is 5.41 Å². The smallest absolute Gasteiger partial charge is 0.236 e. The maximum Gasteiger partial charge on any atom is 0.236 e. The van der Waals surface area contributed by atoms with Gasteiger partial charge in [-0.3, -0.25) is 4.79 Å². The molecule has 0 unspecified atom stereocenters. The molecule has 5 nitrogen and oxygen atoms in total. The van der Waals surface area contributed by atoms with Crippen LogP contribution in [-0.2, 0) is 10.2 Å². The molecule has 1 aliphatic carbocycles. The molecule has 1 aromatic carbocycles. The van der Waals surface area contributed by atoms with Crippen molar-refractivity contribution < 1.29 is 14.1 Å². The van der Waals surface area contributed by atoms with Gasteiger partial charge in [0.15, 0.2) is 0 Å². The van der Waals surface area contributed by atoms with Gasteiger partial charge in [-0.2, -0.15) is 0 Å². The molecule has 1 aromatic heterocycles. The van der Waals surface area contributed by atoms with Gasteiger partial charge < -0.3 is 14.6 Å². The average Bonchev–Trinajstić information content (AvgIpc) is 3.16. The fraction of sp³-hybridized carbons (Fsp3) is 0.333. The first kappa shape index (κ1) is 12.7. The fourth-order valence-corrected chi connectivity index (χ4v) is 2.27. The molecule has 3 rings (SSSR count). The molecule has 1 N–H and O–H groups in total. The summed E-state index contributed by atoms with van der Waals surface area (Å²) in [5.74, 6) is 1.39. The summed E-state index contributed by atoms with van der Waals surface area (Å²) in [5, 5.41) is 6.91. The van der Waals surface area contributed by atoms with Crippen molar-refractivity contribution >= 4 is 11.6 Å². The van der Waals surface area contributed by atoms with Gasteiger partial charge >= 0.3 is 0 Å². The number of hydrogen-bond acceptors (Lipinski definition) is 4. The van der Waals surface area contributed by atoms with E-state index in [2.05, 4.69) is 10.5 Å². The van der Waals surface area contributed by atoms with Crippen LogP contribution in [0.4, 0.5) is 5.69 Å². The number of ether oxygens (including phenoxy) is 1. The Labute approximate surface area is 116 Å². The summed E-state index contributed by atoms with van der Waals surface area (Å²) < 4.78 is 10.2. The quantitative estimate of drug-likeness (QED) is 0.929. The van der Waals surface area contributed by atoms with Crippen molar-refractivity contribution in [2.24, 2.45) is 0 Å². The lowest BCUT2D eigenvalue weighted by Crippen LogP contribution is -2.28. The maximum atomic E-state index is 12.5. The second kappa shape index (κ2) is 4.67. The molecule has 20 heavy (non-hydrogen) atoms. The van der Waals surface area contributed by atoms with Crippen LogP contribution in [0, 0.1) is 6.92 Å². The Balaban J connectivity index is 1.79. The molecule has 1 aliphatic rings. The Morgan fingerprint density at radius 1 is 1.40 bits per heavy atom. The van der Waals surface area contributed by atoms with Crippen molar-refractivity contribution in [2.45, 2.75) is 25.2 Å². The second-order valence-electron chi connectivity index (χ2n) is 5.09. The standard InChI is InChI=1S/C15H16N2O3/c1-10-8-13(17-20-10)15(6-7-15)14(18)16-11-4-3-5-12(9-11)19-2/h3-5,8-9H,6-7H2,1-2H3,(H,16,18). The Bertz CT molecular complexity index is 644. The summed E-state index contributed by atoms with van der Waals surface area (Å²) in [6, 6.07) is 9.14. The number of aryl methyl sites for hydroxylation is 1. The number of rotatable bonds is 4. The monoisotopic (exact) mass is 272 g/mol.